The van der Waals surface area contributed by atoms with Crippen molar-refractivity contribution in [2.75, 3.05) is 31.1 Å². The van der Waals surface area contributed by atoms with E-state index in [1.54, 1.807) is 0 Å². The van der Waals surface area contributed by atoms with Crippen molar-refractivity contribution in [3.63, 3.8) is 0 Å². The number of carbonyl (C=O) groups is 1. The van der Waals surface area contributed by atoms with Gasteiger partial charge in [0.2, 0.25) is 5.91 Å². The molecule has 4 rings (SSSR count). The largest absolute Gasteiger partial charge is 0.355 e. The lowest BCUT2D eigenvalue weighted by Gasteiger charge is -2.35. The quantitative estimate of drug-likeness (QED) is 0.844. The molecule has 7 heteroatoms. The number of aryl methyl sites for hydroxylation is 1. The average Bonchev–Trinajstić information content (AvgIpc) is 3.31. The molecule has 1 amide bonds. The zero-order valence-corrected chi connectivity index (χ0v) is 16.0. The molecule has 7 nitrogen and oxygen atoms in total. The third kappa shape index (κ3) is 3.04. The lowest BCUT2D eigenvalue weighted by Crippen LogP contribution is -2.44. The van der Waals surface area contributed by atoms with E-state index >= 15 is 0 Å². The second kappa shape index (κ2) is 6.85. The van der Waals surface area contributed by atoms with Crippen molar-refractivity contribution in [2.45, 2.75) is 45.4 Å². The van der Waals surface area contributed by atoms with Crippen molar-refractivity contribution >= 4 is 22.8 Å². The summed E-state index contributed by atoms with van der Waals surface area (Å²) in [6.07, 6.45) is 6.13. The summed E-state index contributed by atoms with van der Waals surface area (Å²) >= 11 is 0. The molecule has 4 heterocycles. The third-order valence-corrected chi connectivity index (χ3v) is 5.59. The Morgan fingerprint density at radius 1 is 1.15 bits per heavy atom. The van der Waals surface area contributed by atoms with Crippen LogP contribution in [0.2, 0.25) is 0 Å². The highest BCUT2D eigenvalue weighted by Crippen LogP contribution is 2.30. The molecule has 2 fully saturated rings. The summed E-state index contributed by atoms with van der Waals surface area (Å²) < 4.78 is 1.81. The van der Waals surface area contributed by atoms with Gasteiger partial charge in [0, 0.05) is 39.1 Å². The van der Waals surface area contributed by atoms with Crippen LogP contribution in [-0.2, 0) is 11.8 Å². The predicted molar refractivity (Wildman–Crippen MR) is 101 cm³/mol. The molecule has 0 saturated carbocycles. The first-order valence-corrected chi connectivity index (χ1v) is 9.78. The first kappa shape index (κ1) is 17.2. The van der Waals surface area contributed by atoms with Gasteiger partial charge in [0.1, 0.15) is 11.6 Å². The summed E-state index contributed by atoms with van der Waals surface area (Å²) in [6, 6.07) is 0. The summed E-state index contributed by atoms with van der Waals surface area (Å²) in [6.45, 7) is 7.74. The molecule has 2 saturated heterocycles. The maximum Gasteiger partial charge on any atom is 0.227 e. The van der Waals surface area contributed by atoms with Crippen molar-refractivity contribution in [1.29, 1.82) is 0 Å². The van der Waals surface area contributed by atoms with Gasteiger partial charge >= 0.3 is 0 Å². The second-order valence-corrected chi connectivity index (χ2v) is 7.88. The average molecular weight is 356 g/mol. The number of rotatable bonds is 3. The van der Waals surface area contributed by atoms with Crippen LogP contribution in [0, 0.1) is 5.92 Å². The summed E-state index contributed by atoms with van der Waals surface area (Å²) in [5.74, 6) is 2.42. The molecule has 1 atom stereocenters. The maximum absolute atomic E-state index is 12.9. The molecule has 2 aliphatic rings. The van der Waals surface area contributed by atoms with Crippen LogP contribution >= 0.6 is 0 Å². The Kier molecular flexibility index (Phi) is 4.54. The number of anilines is 1. The number of nitrogens with zero attached hydrogens (tertiary/aromatic N) is 6. The highest BCUT2D eigenvalue weighted by molar-refractivity contribution is 5.87. The predicted octanol–water partition coefficient (Wildman–Crippen LogP) is 2.33. The van der Waals surface area contributed by atoms with Crippen molar-refractivity contribution in [2.24, 2.45) is 13.0 Å². The summed E-state index contributed by atoms with van der Waals surface area (Å²) in [4.78, 5) is 26.8. The zero-order valence-electron chi connectivity index (χ0n) is 16.0. The van der Waals surface area contributed by atoms with Crippen molar-refractivity contribution in [3.8, 4) is 0 Å². The number of hydrogen-bond donors (Lipinski definition) is 0. The summed E-state index contributed by atoms with van der Waals surface area (Å²) in [5.41, 5.74) is 0.867. The molecule has 2 aromatic rings. The van der Waals surface area contributed by atoms with Crippen molar-refractivity contribution in [3.05, 3.63) is 12.0 Å². The molecular formula is C19H28N6O. The molecule has 0 spiro atoms. The van der Waals surface area contributed by atoms with Gasteiger partial charge in [-0.1, -0.05) is 13.8 Å². The van der Waals surface area contributed by atoms with E-state index in [9.17, 15) is 4.79 Å². The third-order valence-electron chi connectivity index (χ3n) is 5.59. The number of piperidine rings is 1. The number of amides is 1. The Labute approximate surface area is 154 Å². The van der Waals surface area contributed by atoms with E-state index < -0.39 is 0 Å². The van der Waals surface area contributed by atoms with Crippen LogP contribution in [-0.4, -0.2) is 56.7 Å². The van der Waals surface area contributed by atoms with Crippen LogP contribution in [0.15, 0.2) is 6.20 Å². The Balaban J connectivity index is 1.65. The fraction of sp³-hybridized carbons (Fsp3) is 0.684. The summed E-state index contributed by atoms with van der Waals surface area (Å²) in [7, 11) is 1.92. The highest BCUT2D eigenvalue weighted by Gasteiger charge is 2.32. The molecule has 0 aromatic carbocycles. The van der Waals surface area contributed by atoms with E-state index in [0.717, 1.165) is 74.5 Å². The van der Waals surface area contributed by atoms with Gasteiger partial charge in [0.05, 0.1) is 17.5 Å². The molecule has 0 unspecified atom stereocenters. The molecule has 2 aliphatic heterocycles. The lowest BCUT2D eigenvalue weighted by atomic mass is 9.96. The van der Waals surface area contributed by atoms with Crippen LogP contribution in [0.5, 0.6) is 0 Å². The minimum atomic E-state index is 0.0750. The SMILES string of the molecule is CC(C)c1nc(N2CCC[C@@H](C(=O)N3CCCC3)C2)c2cnn(C)c2n1. The minimum Gasteiger partial charge on any atom is -0.355 e. The maximum atomic E-state index is 12.9. The van der Waals surface area contributed by atoms with Crippen molar-refractivity contribution in [1.82, 2.24) is 24.6 Å². The molecule has 26 heavy (non-hydrogen) atoms. The van der Waals surface area contributed by atoms with Crippen LogP contribution in [0.3, 0.4) is 0 Å². The monoisotopic (exact) mass is 356 g/mol. The van der Waals surface area contributed by atoms with E-state index in [4.69, 9.17) is 9.97 Å². The smallest absolute Gasteiger partial charge is 0.227 e. The fourth-order valence-electron chi connectivity index (χ4n) is 4.09. The number of carbonyl (C=O) groups excluding carboxylic acids is 1. The van der Waals surface area contributed by atoms with Gasteiger partial charge in [-0.25, -0.2) is 9.97 Å². The van der Waals surface area contributed by atoms with Gasteiger partial charge in [-0.2, -0.15) is 5.10 Å². The van der Waals surface area contributed by atoms with E-state index in [1.807, 2.05) is 22.8 Å². The number of likely N-dealkylation sites (tertiary alicyclic amines) is 1. The van der Waals surface area contributed by atoms with Gasteiger partial charge in [-0.3, -0.25) is 9.48 Å². The van der Waals surface area contributed by atoms with Gasteiger partial charge in [-0.15, -0.1) is 0 Å². The molecule has 0 aliphatic carbocycles. The van der Waals surface area contributed by atoms with Gasteiger partial charge < -0.3 is 9.80 Å². The molecule has 0 radical (unpaired) electrons. The Morgan fingerprint density at radius 2 is 1.92 bits per heavy atom. The molecule has 0 N–H and O–H groups in total. The molecule has 2 aromatic heterocycles. The summed E-state index contributed by atoms with van der Waals surface area (Å²) in [5, 5.41) is 5.36. The standard InChI is InChI=1S/C19H28N6O/c1-13(2)16-21-17-15(11-20-23(17)3)18(22-16)25-10-6-7-14(12-25)19(26)24-8-4-5-9-24/h11,13-14H,4-10,12H2,1-3H3/t14-/m1/s1. The van der Waals surface area contributed by atoms with Gasteiger partial charge in [0.25, 0.3) is 0 Å². The lowest BCUT2D eigenvalue weighted by molar-refractivity contribution is -0.134. The van der Waals surface area contributed by atoms with E-state index in [0.29, 0.717) is 5.91 Å². The molecular weight excluding hydrogens is 328 g/mol. The normalized spacial score (nSPS) is 21.2. The van der Waals surface area contributed by atoms with Crippen LogP contribution in [0.25, 0.3) is 11.0 Å². The van der Waals surface area contributed by atoms with E-state index in [1.165, 1.54) is 0 Å². The van der Waals surface area contributed by atoms with Crippen LogP contribution in [0.4, 0.5) is 5.82 Å². The zero-order chi connectivity index (χ0) is 18.3. The van der Waals surface area contributed by atoms with Gasteiger partial charge in [0.15, 0.2) is 5.65 Å². The first-order chi connectivity index (χ1) is 12.5. The fourth-order valence-corrected chi connectivity index (χ4v) is 4.09. The minimum absolute atomic E-state index is 0.0750. The first-order valence-electron chi connectivity index (χ1n) is 9.78. The molecule has 140 valence electrons. The number of fused-ring (bicyclic) bond motifs is 1. The topological polar surface area (TPSA) is 67.2 Å². The Morgan fingerprint density at radius 3 is 2.65 bits per heavy atom. The Hall–Kier alpha value is -2.18. The number of aromatic nitrogens is 4. The van der Waals surface area contributed by atoms with E-state index in [2.05, 4.69) is 23.8 Å². The van der Waals surface area contributed by atoms with Gasteiger partial charge in [-0.05, 0) is 25.7 Å². The van der Waals surface area contributed by atoms with Crippen molar-refractivity contribution < 1.29 is 4.79 Å². The second-order valence-electron chi connectivity index (χ2n) is 7.88. The van der Waals surface area contributed by atoms with E-state index in [-0.39, 0.29) is 11.8 Å². The Bertz CT molecular complexity index is 808. The number of hydrogen-bond acceptors (Lipinski definition) is 5. The highest BCUT2D eigenvalue weighted by atomic mass is 16.2. The van der Waals surface area contributed by atoms with Crippen LogP contribution in [0.1, 0.15) is 51.3 Å². The van der Waals surface area contributed by atoms with Crippen LogP contribution < -0.4 is 4.90 Å². The molecule has 0 bridgehead atoms.